The van der Waals surface area contributed by atoms with E-state index in [0.717, 1.165) is 28.0 Å². The molecule has 84 valence electrons. The van der Waals surface area contributed by atoms with Crippen LogP contribution >= 0.6 is 0 Å². The first-order valence-corrected chi connectivity index (χ1v) is 5.21. The molecule has 0 amide bonds. The smallest absolute Gasteiger partial charge is 0.145 e. The highest BCUT2D eigenvalue weighted by molar-refractivity contribution is 5.94. The van der Waals surface area contributed by atoms with E-state index in [1.54, 1.807) is 0 Å². The molecule has 16 heavy (non-hydrogen) atoms. The number of nitrogens with two attached hydrogens (primary N) is 2. The fourth-order valence-electron chi connectivity index (χ4n) is 1.67. The summed E-state index contributed by atoms with van der Waals surface area (Å²) in [4.78, 5) is 4.44. The minimum Gasteiger partial charge on any atom is -0.490 e. The fourth-order valence-corrected chi connectivity index (χ4v) is 1.67. The van der Waals surface area contributed by atoms with Gasteiger partial charge in [-0.3, -0.25) is 0 Å². The molecule has 0 fully saturated rings. The Balaban J connectivity index is 2.57. The summed E-state index contributed by atoms with van der Waals surface area (Å²) in [6, 6.07) is 7.58. The number of fused-ring (bicyclic) bond motifs is 1. The third-order valence-electron chi connectivity index (χ3n) is 2.34. The molecule has 2 rings (SSSR count). The maximum Gasteiger partial charge on any atom is 0.145 e. The van der Waals surface area contributed by atoms with E-state index in [4.69, 9.17) is 16.2 Å². The zero-order valence-electron chi connectivity index (χ0n) is 9.23. The van der Waals surface area contributed by atoms with Crippen LogP contribution in [0.1, 0.15) is 5.69 Å². The lowest BCUT2D eigenvalue weighted by atomic mass is 10.1. The normalized spacial score (nSPS) is 10.6. The molecule has 4 nitrogen and oxygen atoms in total. The summed E-state index contributed by atoms with van der Waals surface area (Å²) >= 11 is 0. The Kier molecular flexibility index (Phi) is 2.92. The number of rotatable bonds is 3. The van der Waals surface area contributed by atoms with Crippen LogP contribution < -0.4 is 16.2 Å². The average Bonchev–Trinajstić information content (AvgIpc) is 2.26. The van der Waals surface area contributed by atoms with E-state index in [-0.39, 0.29) is 0 Å². The lowest BCUT2D eigenvalue weighted by Crippen LogP contribution is -2.11. The van der Waals surface area contributed by atoms with Gasteiger partial charge in [0.2, 0.25) is 0 Å². The number of anilines is 1. The molecule has 0 saturated heterocycles. The standard InChI is InChI=1S/C12H15N3O/c1-8-7-10(14)9-3-2-4-11(12(9)15-8)16-6-5-13/h2-4,7H,5-6,13H2,1H3,(H2,14,15). The van der Waals surface area contributed by atoms with Gasteiger partial charge < -0.3 is 16.2 Å². The van der Waals surface area contributed by atoms with Crippen LogP contribution in [0.4, 0.5) is 5.69 Å². The molecule has 0 saturated carbocycles. The molecule has 2 aromatic rings. The quantitative estimate of drug-likeness (QED) is 0.816. The number of aryl methyl sites for hydroxylation is 1. The molecule has 0 spiro atoms. The van der Waals surface area contributed by atoms with Crippen LogP contribution in [0, 0.1) is 6.92 Å². The minimum atomic E-state index is 0.481. The number of nitrogen functional groups attached to an aromatic ring is 1. The van der Waals surface area contributed by atoms with E-state index in [1.807, 2.05) is 31.2 Å². The predicted octanol–water partition coefficient (Wildman–Crippen LogP) is 1.46. The first-order chi connectivity index (χ1) is 7.72. The summed E-state index contributed by atoms with van der Waals surface area (Å²) in [6.45, 7) is 2.88. The van der Waals surface area contributed by atoms with Crippen molar-refractivity contribution in [2.45, 2.75) is 6.92 Å². The molecule has 0 aliphatic rings. The van der Waals surface area contributed by atoms with E-state index >= 15 is 0 Å². The summed E-state index contributed by atoms with van der Waals surface area (Å²) in [5, 5.41) is 0.917. The molecule has 4 heteroatoms. The number of pyridine rings is 1. The third kappa shape index (κ3) is 1.92. The van der Waals surface area contributed by atoms with Gasteiger partial charge in [0.15, 0.2) is 0 Å². The van der Waals surface area contributed by atoms with Gasteiger partial charge in [-0.2, -0.15) is 0 Å². The van der Waals surface area contributed by atoms with Gasteiger partial charge in [0, 0.05) is 23.3 Å². The summed E-state index contributed by atoms with van der Waals surface area (Å²) in [5.41, 5.74) is 13.7. The highest BCUT2D eigenvalue weighted by Gasteiger charge is 2.06. The Labute approximate surface area is 94.2 Å². The van der Waals surface area contributed by atoms with Crippen molar-refractivity contribution < 1.29 is 4.74 Å². The number of hydrogen-bond donors (Lipinski definition) is 2. The summed E-state index contributed by atoms with van der Waals surface area (Å²) in [6.07, 6.45) is 0. The topological polar surface area (TPSA) is 74.2 Å². The Morgan fingerprint density at radius 2 is 2.19 bits per heavy atom. The van der Waals surface area contributed by atoms with Crippen molar-refractivity contribution in [2.75, 3.05) is 18.9 Å². The molecular weight excluding hydrogens is 202 g/mol. The van der Waals surface area contributed by atoms with E-state index in [0.29, 0.717) is 13.2 Å². The van der Waals surface area contributed by atoms with E-state index in [2.05, 4.69) is 4.98 Å². The summed E-state index contributed by atoms with van der Waals surface area (Å²) < 4.78 is 5.54. The summed E-state index contributed by atoms with van der Waals surface area (Å²) in [7, 11) is 0. The van der Waals surface area contributed by atoms with Gasteiger partial charge in [-0.25, -0.2) is 4.98 Å². The summed E-state index contributed by atoms with van der Waals surface area (Å²) in [5.74, 6) is 0.735. The second-order valence-electron chi connectivity index (χ2n) is 3.64. The second kappa shape index (κ2) is 4.37. The van der Waals surface area contributed by atoms with Gasteiger partial charge in [0.05, 0.1) is 0 Å². The fraction of sp³-hybridized carbons (Fsp3) is 0.250. The van der Waals surface area contributed by atoms with Gasteiger partial charge in [0.1, 0.15) is 17.9 Å². The van der Waals surface area contributed by atoms with Crippen molar-refractivity contribution in [3.05, 3.63) is 30.0 Å². The molecule has 1 aromatic carbocycles. The van der Waals surface area contributed by atoms with E-state index < -0.39 is 0 Å². The number of aromatic nitrogens is 1. The van der Waals surface area contributed by atoms with Crippen LogP contribution in [-0.4, -0.2) is 18.1 Å². The van der Waals surface area contributed by atoms with E-state index in [1.165, 1.54) is 0 Å². The molecular formula is C12H15N3O. The van der Waals surface area contributed by atoms with E-state index in [9.17, 15) is 0 Å². The van der Waals surface area contributed by atoms with Crippen molar-refractivity contribution in [1.29, 1.82) is 0 Å². The lowest BCUT2D eigenvalue weighted by molar-refractivity contribution is 0.331. The van der Waals surface area contributed by atoms with Crippen molar-refractivity contribution in [2.24, 2.45) is 5.73 Å². The minimum absolute atomic E-state index is 0.481. The number of hydrogen-bond acceptors (Lipinski definition) is 4. The SMILES string of the molecule is Cc1cc(N)c2cccc(OCCN)c2n1. The van der Waals surface area contributed by atoms with Crippen LogP contribution in [0.25, 0.3) is 10.9 Å². The van der Waals surface area contributed by atoms with Crippen LogP contribution in [-0.2, 0) is 0 Å². The Morgan fingerprint density at radius 3 is 2.94 bits per heavy atom. The second-order valence-corrected chi connectivity index (χ2v) is 3.64. The van der Waals surface area contributed by atoms with Crippen molar-refractivity contribution >= 4 is 16.6 Å². The van der Waals surface area contributed by atoms with Crippen molar-refractivity contribution in [3.8, 4) is 5.75 Å². The largest absolute Gasteiger partial charge is 0.490 e. The van der Waals surface area contributed by atoms with Gasteiger partial charge in [0.25, 0.3) is 0 Å². The zero-order chi connectivity index (χ0) is 11.5. The maximum absolute atomic E-state index is 5.93. The molecule has 0 atom stereocenters. The van der Waals surface area contributed by atoms with Crippen LogP contribution in [0.5, 0.6) is 5.75 Å². The number of para-hydroxylation sites is 1. The molecule has 0 bridgehead atoms. The zero-order valence-corrected chi connectivity index (χ0v) is 9.23. The van der Waals surface area contributed by atoms with Gasteiger partial charge in [-0.1, -0.05) is 12.1 Å². The average molecular weight is 217 g/mol. The maximum atomic E-state index is 5.93. The predicted molar refractivity (Wildman–Crippen MR) is 65.4 cm³/mol. The monoisotopic (exact) mass is 217 g/mol. The Hall–Kier alpha value is -1.81. The van der Waals surface area contributed by atoms with Gasteiger partial charge in [-0.15, -0.1) is 0 Å². The molecule has 1 heterocycles. The first kappa shape index (κ1) is 10.7. The molecule has 0 aliphatic carbocycles. The molecule has 0 unspecified atom stereocenters. The molecule has 1 aromatic heterocycles. The Bertz CT molecular complexity index is 511. The van der Waals surface area contributed by atoms with Gasteiger partial charge in [-0.05, 0) is 19.1 Å². The van der Waals surface area contributed by atoms with Crippen molar-refractivity contribution in [1.82, 2.24) is 4.98 Å². The number of ether oxygens (including phenoxy) is 1. The molecule has 4 N–H and O–H groups in total. The Morgan fingerprint density at radius 1 is 1.38 bits per heavy atom. The van der Waals surface area contributed by atoms with Crippen LogP contribution in [0.3, 0.4) is 0 Å². The van der Waals surface area contributed by atoms with Gasteiger partial charge >= 0.3 is 0 Å². The van der Waals surface area contributed by atoms with Crippen molar-refractivity contribution in [3.63, 3.8) is 0 Å². The molecule has 0 aliphatic heterocycles. The van der Waals surface area contributed by atoms with Crippen LogP contribution in [0.15, 0.2) is 24.3 Å². The third-order valence-corrected chi connectivity index (χ3v) is 2.34. The molecule has 0 radical (unpaired) electrons. The lowest BCUT2D eigenvalue weighted by Gasteiger charge is -2.09. The number of benzene rings is 1. The highest BCUT2D eigenvalue weighted by atomic mass is 16.5. The number of nitrogens with zero attached hydrogens (tertiary/aromatic N) is 1. The first-order valence-electron chi connectivity index (χ1n) is 5.21. The highest BCUT2D eigenvalue weighted by Crippen LogP contribution is 2.28. The van der Waals surface area contributed by atoms with Crippen LogP contribution in [0.2, 0.25) is 0 Å².